The Bertz CT molecular complexity index is 1540. The summed E-state index contributed by atoms with van der Waals surface area (Å²) in [4.78, 5) is 25.3. The normalized spacial score (nSPS) is 11.5. The minimum Gasteiger partial charge on any atom is -0.497 e. The van der Waals surface area contributed by atoms with E-state index >= 15 is 0 Å². The molecule has 0 atom stereocenters. The monoisotopic (exact) mass is 526 g/mol. The van der Waals surface area contributed by atoms with Gasteiger partial charge in [-0.1, -0.05) is 24.3 Å². The molecule has 0 spiro atoms. The molecule has 0 aliphatic carbocycles. The van der Waals surface area contributed by atoms with Crippen molar-refractivity contribution in [2.45, 2.75) is 13.1 Å². The summed E-state index contributed by atoms with van der Waals surface area (Å²) >= 11 is 0. The van der Waals surface area contributed by atoms with E-state index in [0.717, 1.165) is 12.1 Å². The summed E-state index contributed by atoms with van der Waals surface area (Å²) in [7, 11) is 1.53. The number of carbonyl (C=O) groups excluding carboxylic acids is 1. The number of rotatable bonds is 8. The molecule has 0 bridgehead atoms. The zero-order chi connectivity index (χ0) is 27.3. The second-order valence-electron chi connectivity index (χ2n) is 7.75. The fourth-order valence-electron chi connectivity index (χ4n) is 3.45. The van der Waals surface area contributed by atoms with E-state index in [0.29, 0.717) is 11.3 Å². The lowest BCUT2D eigenvalue weighted by Crippen LogP contribution is -2.16. The highest BCUT2D eigenvalue weighted by Crippen LogP contribution is 2.40. The van der Waals surface area contributed by atoms with Crippen LogP contribution >= 0.6 is 0 Å². The van der Waals surface area contributed by atoms with Crippen molar-refractivity contribution in [3.63, 3.8) is 0 Å². The number of carbonyl (C=O) groups is 1. The predicted molar refractivity (Wildman–Crippen MR) is 133 cm³/mol. The van der Waals surface area contributed by atoms with Crippen molar-refractivity contribution in [1.82, 2.24) is 0 Å². The molecule has 0 radical (unpaired) electrons. The maximum atomic E-state index is 13.9. The average molecular weight is 526 g/mol. The molecule has 7 nitrogen and oxygen atoms in total. The molecule has 0 saturated heterocycles. The van der Waals surface area contributed by atoms with Gasteiger partial charge < -0.3 is 23.4 Å². The van der Waals surface area contributed by atoms with Crippen LogP contribution in [0.5, 0.6) is 28.7 Å². The highest BCUT2D eigenvalue weighted by Gasteiger charge is 2.40. The Morgan fingerprint density at radius 2 is 1.66 bits per heavy atom. The molecule has 0 unspecified atom stereocenters. The molecule has 4 rings (SSSR count). The van der Waals surface area contributed by atoms with Gasteiger partial charge in [0.25, 0.3) is 5.76 Å². The summed E-state index contributed by atoms with van der Waals surface area (Å²) in [5.41, 5.74) is -0.792. The van der Waals surface area contributed by atoms with Crippen LogP contribution in [-0.2, 0) is 11.0 Å². The van der Waals surface area contributed by atoms with Gasteiger partial charge in [0.1, 0.15) is 17.1 Å². The van der Waals surface area contributed by atoms with Gasteiger partial charge in [0.05, 0.1) is 19.1 Å². The van der Waals surface area contributed by atoms with Gasteiger partial charge in [-0.2, -0.15) is 13.2 Å². The topological polar surface area (TPSA) is 84.2 Å². The number of alkyl halides is 3. The van der Waals surface area contributed by atoms with Crippen LogP contribution in [0.3, 0.4) is 0 Å². The van der Waals surface area contributed by atoms with Crippen molar-refractivity contribution in [3.05, 3.63) is 94.4 Å². The van der Waals surface area contributed by atoms with Crippen LogP contribution in [0.25, 0.3) is 17.0 Å². The molecule has 0 N–H and O–H groups in total. The number of ether oxygens (including phenoxy) is 4. The second kappa shape index (κ2) is 11.1. The van der Waals surface area contributed by atoms with Crippen LogP contribution in [0, 0.1) is 0 Å². The second-order valence-corrected chi connectivity index (χ2v) is 7.75. The minimum absolute atomic E-state index is 0.0827. The molecule has 0 fully saturated rings. The fraction of sp³-hybridized carbons (Fsp3) is 0.143. The van der Waals surface area contributed by atoms with E-state index in [1.807, 2.05) is 0 Å². The first-order valence-electron chi connectivity index (χ1n) is 11.3. The van der Waals surface area contributed by atoms with Gasteiger partial charge in [0.15, 0.2) is 11.5 Å². The van der Waals surface area contributed by atoms with Gasteiger partial charge >= 0.3 is 12.1 Å². The molecule has 0 aliphatic rings. The molecule has 0 amide bonds. The Morgan fingerprint density at radius 1 is 0.974 bits per heavy atom. The zero-order valence-corrected chi connectivity index (χ0v) is 20.2. The molecular formula is C28H21F3O7. The largest absolute Gasteiger partial charge is 0.497 e. The average Bonchev–Trinajstić information content (AvgIpc) is 2.89. The van der Waals surface area contributed by atoms with Crippen molar-refractivity contribution in [2.24, 2.45) is 0 Å². The lowest BCUT2D eigenvalue weighted by molar-refractivity contribution is -0.154. The molecule has 1 aromatic heterocycles. The Kier molecular flexibility index (Phi) is 7.71. The molecule has 10 heteroatoms. The predicted octanol–water partition coefficient (Wildman–Crippen LogP) is 6.63. The summed E-state index contributed by atoms with van der Waals surface area (Å²) in [5, 5.41) is -0.199. The molecule has 0 aliphatic heterocycles. The summed E-state index contributed by atoms with van der Waals surface area (Å²) in [6.45, 7) is 1.93. The molecular weight excluding hydrogens is 505 g/mol. The van der Waals surface area contributed by atoms with E-state index in [4.69, 9.17) is 23.4 Å². The van der Waals surface area contributed by atoms with Gasteiger partial charge in [0.2, 0.25) is 11.2 Å². The van der Waals surface area contributed by atoms with Crippen LogP contribution < -0.4 is 24.4 Å². The Hall–Kier alpha value is -4.73. The number of methoxy groups -OCH3 is 1. The standard InChI is InChI=1S/C28H21F3O7/c1-3-35-21-6-4-5-7-22(21)37-26-25(33)20-14-13-19(16-23(20)38-27(26)28(29,30)31)36-24(32)15-10-17-8-11-18(34-2)12-9-17/h4-16H,3H2,1-2H3. The third-order valence-corrected chi connectivity index (χ3v) is 5.19. The van der Waals surface area contributed by atoms with E-state index in [1.165, 1.54) is 43.5 Å². The number of fused-ring (bicyclic) bond motifs is 1. The van der Waals surface area contributed by atoms with Crippen molar-refractivity contribution >= 4 is 23.0 Å². The first-order chi connectivity index (χ1) is 18.2. The van der Waals surface area contributed by atoms with Crippen molar-refractivity contribution < 1.29 is 41.3 Å². The van der Waals surface area contributed by atoms with Gasteiger partial charge in [-0.05, 0) is 55.0 Å². The summed E-state index contributed by atoms with van der Waals surface area (Å²) in [6, 6.07) is 16.4. The summed E-state index contributed by atoms with van der Waals surface area (Å²) < 4.78 is 67.7. The van der Waals surface area contributed by atoms with Gasteiger partial charge in [0, 0.05) is 12.1 Å². The number of halogens is 3. The lowest BCUT2D eigenvalue weighted by Gasteiger charge is -2.15. The number of hydrogen-bond donors (Lipinski definition) is 0. The van der Waals surface area contributed by atoms with Gasteiger partial charge in [-0.3, -0.25) is 4.79 Å². The first-order valence-corrected chi connectivity index (χ1v) is 11.3. The van der Waals surface area contributed by atoms with E-state index in [1.54, 1.807) is 37.3 Å². The Morgan fingerprint density at radius 3 is 2.32 bits per heavy atom. The first kappa shape index (κ1) is 26.3. The smallest absolute Gasteiger partial charge is 0.453 e. The van der Waals surface area contributed by atoms with Crippen LogP contribution in [-0.4, -0.2) is 19.7 Å². The Labute approximate surface area is 214 Å². The number of hydrogen-bond acceptors (Lipinski definition) is 7. The molecule has 1 heterocycles. The molecule has 196 valence electrons. The zero-order valence-electron chi connectivity index (χ0n) is 20.2. The third-order valence-electron chi connectivity index (χ3n) is 5.19. The van der Waals surface area contributed by atoms with Gasteiger partial charge in [-0.25, -0.2) is 4.79 Å². The lowest BCUT2D eigenvalue weighted by atomic mass is 10.2. The molecule has 0 saturated carbocycles. The number of benzene rings is 3. The molecule has 4 aromatic rings. The fourth-order valence-corrected chi connectivity index (χ4v) is 3.45. The number of para-hydroxylation sites is 2. The van der Waals surface area contributed by atoms with E-state index < -0.39 is 34.7 Å². The van der Waals surface area contributed by atoms with Crippen LogP contribution in [0.15, 0.2) is 82.0 Å². The maximum Gasteiger partial charge on any atom is 0.453 e. The Balaban J connectivity index is 1.65. The van der Waals surface area contributed by atoms with Crippen molar-refractivity contribution in [1.29, 1.82) is 0 Å². The SMILES string of the molecule is CCOc1ccccc1Oc1c(C(F)(F)F)oc2cc(OC(=O)C=Cc3ccc(OC)cc3)ccc2c1=O. The summed E-state index contributed by atoms with van der Waals surface area (Å²) in [5.74, 6) is -2.85. The van der Waals surface area contributed by atoms with Crippen molar-refractivity contribution in [3.8, 4) is 28.7 Å². The minimum atomic E-state index is -5.06. The van der Waals surface area contributed by atoms with E-state index in [9.17, 15) is 22.8 Å². The van der Waals surface area contributed by atoms with Crippen LogP contribution in [0.4, 0.5) is 13.2 Å². The molecule has 3 aromatic carbocycles. The van der Waals surface area contributed by atoms with Crippen molar-refractivity contribution in [2.75, 3.05) is 13.7 Å². The van der Waals surface area contributed by atoms with E-state index in [-0.39, 0.29) is 29.2 Å². The maximum absolute atomic E-state index is 13.9. The highest BCUT2D eigenvalue weighted by molar-refractivity contribution is 5.89. The highest BCUT2D eigenvalue weighted by atomic mass is 19.4. The van der Waals surface area contributed by atoms with Gasteiger partial charge in [-0.15, -0.1) is 0 Å². The van der Waals surface area contributed by atoms with E-state index in [2.05, 4.69) is 0 Å². The third kappa shape index (κ3) is 5.97. The van der Waals surface area contributed by atoms with Crippen LogP contribution in [0.1, 0.15) is 18.2 Å². The summed E-state index contributed by atoms with van der Waals surface area (Å²) in [6.07, 6.45) is -2.42. The number of esters is 1. The van der Waals surface area contributed by atoms with Crippen LogP contribution in [0.2, 0.25) is 0 Å². The molecule has 38 heavy (non-hydrogen) atoms. The quantitative estimate of drug-likeness (QED) is 0.145.